The Morgan fingerprint density at radius 2 is 1.50 bits per heavy atom. The van der Waals surface area contributed by atoms with Gasteiger partial charge in [0.05, 0.1) is 19.3 Å². The second-order valence-corrected chi connectivity index (χ2v) is 17.3. The fourth-order valence-electron chi connectivity index (χ4n) is 11.8. The van der Waals surface area contributed by atoms with Gasteiger partial charge in [0.25, 0.3) is 0 Å². The van der Waals surface area contributed by atoms with Gasteiger partial charge in [-0.1, -0.05) is 53.2 Å². The van der Waals surface area contributed by atoms with Gasteiger partial charge >= 0.3 is 0 Å². The van der Waals surface area contributed by atoms with Crippen LogP contribution in [0.3, 0.4) is 0 Å². The number of fused-ring (bicyclic) bond motifs is 7. The van der Waals surface area contributed by atoms with Crippen molar-refractivity contribution in [1.82, 2.24) is 0 Å². The van der Waals surface area contributed by atoms with E-state index in [-0.39, 0.29) is 29.5 Å². The van der Waals surface area contributed by atoms with E-state index in [1.807, 2.05) is 0 Å². The molecule has 7 heteroatoms. The predicted molar refractivity (Wildman–Crippen MR) is 160 cm³/mol. The number of rotatable bonds is 4. The average Bonchev–Trinajstić information content (AvgIpc) is 2.94. The fourth-order valence-corrected chi connectivity index (χ4v) is 11.8. The van der Waals surface area contributed by atoms with Crippen molar-refractivity contribution in [2.24, 2.45) is 50.7 Å². The Kier molecular flexibility index (Phi) is 7.86. The zero-order valence-corrected chi connectivity index (χ0v) is 26.9. The molecule has 6 aliphatic rings. The van der Waals surface area contributed by atoms with Crippen molar-refractivity contribution in [3.8, 4) is 0 Å². The minimum atomic E-state index is -1.47. The molecule has 7 nitrogen and oxygen atoms in total. The van der Waals surface area contributed by atoms with Gasteiger partial charge in [0.15, 0.2) is 6.29 Å². The van der Waals surface area contributed by atoms with Crippen LogP contribution in [-0.4, -0.2) is 75.6 Å². The molecule has 4 saturated carbocycles. The summed E-state index contributed by atoms with van der Waals surface area (Å²) in [6.45, 7) is 14.2. The summed E-state index contributed by atoms with van der Waals surface area (Å²) in [6.07, 6.45) is 7.43. The lowest BCUT2D eigenvalue weighted by Crippen LogP contribution is -2.65. The summed E-state index contributed by atoms with van der Waals surface area (Å²) in [5, 5.41) is 52.0. The first-order valence-corrected chi connectivity index (χ1v) is 16.9. The summed E-state index contributed by atoms with van der Waals surface area (Å²) in [6, 6.07) is 0. The highest BCUT2D eigenvalue weighted by Gasteiger charge is 2.66. The highest BCUT2D eigenvalue weighted by Crippen LogP contribution is 2.72. The Labute approximate surface area is 253 Å². The lowest BCUT2D eigenvalue weighted by molar-refractivity contribution is -0.332. The van der Waals surface area contributed by atoms with E-state index in [9.17, 15) is 25.5 Å². The van der Waals surface area contributed by atoms with Crippen LogP contribution in [0.1, 0.15) is 106 Å². The van der Waals surface area contributed by atoms with Crippen molar-refractivity contribution in [2.45, 2.75) is 143 Å². The van der Waals surface area contributed by atoms with Gasteiger partial charge in [0.1, 0.15) is 24.4 Å². The molecule has 0 amide bonds. The fraction of sp³-hybridized carbons (Fsp3) is 0.943. The van der Waals surface area contributed by atoms with Crippen LogP contribution in [0.15, 0.2) is 11.6 Å². The third-order valence-electron chi connectivity index (χ3n) is 14.5. The normalized spacial score (nSPS) is 55.5. The third-order valence-corrected chi connectivity index (χ3v) is 14.5. The first-order chi connectivity index (χ1) is 19.6. The third kappa shape index (κ3) is 4.53. The molecule has 5 fully saturated rings. The van der Waals surface area contributed by atoms with E-state index < -0.39 is 42.7 Å². The molecule has 0 unspecified atom stereocenters. The van der Waals surface area contributed by atoms with Crippen molar-refractivity contribution in [2.75, 3.05) is 13.2 Å². The van der Waals surface area contributed by atoms with Crippen LogP contribution in [0.25, 0.3) is 0 Å². The molecule has 0 aromatic rings. The van der Waals surface area contributed by atoms with E-state index in [0.29, 0.717) is 28.6 Å². The highest BCUT2D eigenvalue weighted by molar-refractivity contribution is 5.29. The zero-order chi connectivity index (χ0) is 30.5. The number of aliphatic hydroxyl groups is 5. The minimum absolute atomic E-state index is 0.0290. The van der Waals surface area contributed by atoms with Crippen LogP contribution < -0.4 is 0 Å². The monoisotopic (exact) mass is 590 g/mol. The Morgan fingerprint density at radius 3 is 2.19 bits per heavy atom. The Bertz CT molecular complexity index is 1060. The van der Waals surface area contributed by atoms with Crippen LogP contribution in [-0.2, 0) is 9.47 Å². The van der Waals surface area contributed by atoms with Crippen molar-refractivity contribution in [3.63, 3.8) is 0 Å². The van der Waals surface area contributed by atoms with Crippen molar-refractivity contribution in [1.29, 1.82) is 0 Å². The molecule has 42 heavy (non-hydrogen) atoms. The molecule has 0 radical (unpaired) electrons. The first kappa shape index (κ1) is 31.4. The molecule has 1 aliphatic heterocycles. The topological polar surface area (TPSA) is 120 Å². The molecule has 0 aromatic carbocycles. The van der Waals surface area contributed by atoms with Crippen molar-refractivity contribution >= 4 is 0 Å². The highest BCUT2D eigenvalue weighted by atomic mass is 16.7. The average molecular weight is 591 g/mol. The van der Waals surface area contributed by atoms with Gasteiger partial charge in [-0.25, -0.2) is 0 Å². The molecule has 14 atom stereocenters. The van der Waals surface area contributed by atoms with Gasteiger partial charge < -0.3 is 35.0 Å². The van der Waals surface area contributed by atoms with Crippen molar-refractivity contribution < 1.29 is 35.0 Å². The maximum atomic E-state index is 11.0. The number of hydrogen-bond acceptors (Lipinski definition) is 7. The van der Waals surface area contributed by atoms with Gasteiger partial charge in [-0.15, -0.1) is 0 Å². The van der Waals surface area contributed by atoms with E-state index in [1.54, 1.807) is 5.57 Å². The molecule has 0 aromatic heterocycles. The van der Waals surface area contributed by atoms with Gasteiger partial charge in [0.2, 0.25) is 0 Å². The van der Waals surface area contributed by atoms with E-state index in [2.05, 4.69) is 47.6 Å². The Balaban J connectivity index is 1.27. The van der Waals surface area contributed by atoms with Gasteiger partial charge in [0, 0.05) is 5.41 Å². The summed E-state index contributed by atoms with van der Waals surface area (Å²) in [5.41, 5.74) is 2.39. The van der Waals surface area contributed by atoms with Crippen LogP contribution >= 0.6 is 0 Å². The van der Waals surface area contributed by atoms with Crippen molar-refractivity contribution in [3.05, 3.63) is 11.6 Å². The standard InChI is InChI=1S/C35H58O7/c1-31(2)15-16-32(3)12-9-21-20(22(32)17-31)7-8-24-33(21,4)13-10-25-34(24,5)14-11-26(35(25,6)19-37)42-30-29(40)28(39)27(38)23(18-36)41-30/h7,21-30,36-40H,8-19H2,1-6H3/t21-,22-,23-,24+,25-,26+,27-,28+,29-,30+,32+,33+,34-,35-/m1/s1. The van der Waals surface area contributed by atoms with E-state index in [1.165, 1.54) is 32.1 Å². The lowest BCUT2D eigenvalue weighted by atomic mass is 9.37. The van der Waals surface area contributed by atoms with Gasteiger partial charge in [-0.05, 0) is 110 Å². The molecule has 240 valence electrons. The second kappa shape index (κ2) is 10.5. The SMILES string of the molecule is CC1(C)CC[C@]2(C)CC[C@@H]3C(=CC[C@@H]4[C@@]5(C)CC[C@H](O[C@@H]6O[C@H](CO)[C@@H](O)[C@H](O)[C@H]6O)[C@](C)(CO)[C@@H]5CC[C@]43C)[C@H]2C1. The number of ether oxygens (including phenoxy) is 2. The Morgan fingerprint density at radius 1 is 0.786 bits per heavy atom. The van der Waals surface area contributed by atoms with Crippen LogP contribution in [0.2, 0.25) is 0 Å². The summed E-state index contributed by atoms with van der Waals surface area (Å²) in [7, 11) is 0. The number of allylic oxidation sites excluding steroid dienone is 2. The van der Waals surface area contributed by atoms with E-state index in [0.717, 1.165) is 32.1 Å². The molecule has 1 heterocycles. The Hall–Kier alpha value is -0.540. The zero-order valence-electron chi connectivity index (χ0n) is 26.9. The lowest BCUT2D eigenvalue weighted by Gasteiger charge is -2.68. The smallest absolute Gasteiger partial charge is 0.186 e. The summed E-state index contributed by atoms with van der Waals surface area (Å²) in [4.78, 5) is 0. The molecule has 0 spiro atoms. The van der Waals surface area contributed by atoms with Crippen LogP contribution in [0, 0.1) is 50.7 Å². The van der Waals surface area contributed by atoms with E-state index >= 15 is 0 Å². The summed E-state index contributed by atoms with van der Waals surface area (Å²) >= 11 is 0. The number of aliphatic hydroxyl groups excluding tert-OH is 5. The molecule has 5 N–H and O–H groups in total. The predicted octanol–water partition coefficient (Wildman–Crippen LogP) is 4.58. The molecule has 1 saturated heterocycles. The first-order valence-electron chi connectivity index (χ1n) is 16.9. The molecular weight excluding hydrogens is 532 g/mol. The molecular formula is C35H58O7. The van der Waals surface area contributed by atoms with Crippen LogP contribution in [0.5, 0.6) is 0 Å². The maximum Gasteiger partial charge on any atom is 0.186 e. The quantitative estimate of drug-likeness (QED) is 0.240. The second-order valence-electron chi connectivity index (χ2n) is 17.3. The van der Waals surface area contributed by atoms with Crippen LogP contribution in [0.4, 0.5) is 0 Å². The molecule has 0 bridgehead atoms. The maximum absolute atomic E-state index is 11.0. The van der Waals surface area contributed by atoms with E-state index in [4.69, 9.17) is 9.47 Å². The number of hydrogen-bond donors (Lipinski definition) is 5. The summed E-state index contributed by atoms with van der Waals surface area (Å²) in [5.74, 6) is 2.13. The van der Waals surface area contributed by atoms with Gasteiger partial charge in [-0.2, -0.15) is 0 Å². The minimum Gasteiger partial charge on any atom is -0.396 e. The molecule has 5 aliphatic carbocycles. The molecule has 6 rings (SSSR count). The largest absolute Gasteiger partial charge is 0.396 e. The van der Waals surface area contributed by atoms with Gasteiger partial charge in [-0.3, -0.25) is 0 Å². The summed E-state index contributed by atoms with van der Waals surface area (Å²) < 4.78 is 12.1.